The van der Waals surface area contributed by atoms with E-state index in [1.165, 1.54) is 12.8 Å². The Morgan fingerprint density at radius 3 is 2.86 bits per heavy atom. The van der Waals surface area contributed by atoms with E-state index in [0.29, 0.717) is 24.2 Å². The second-order valence-corrected chi connectivity index (χ2v) is 6.02. The van der Waals surface area contributed by atoms with Crippen LogP contribution >= 0.6 is 0 Å². The maximum Gasteiger partial charge on any atom is 0.292 e. The molecule has 116 valence electrons. The van der Waals surface area contributed by atoms with Crippen LogP contribution in [0.15, 0.2) is 18.2 Å². The van der Waals surface area contributed by atoms with E-state index in [9.17, 15) is 10.1 Å². The highest BCUT2D eigenvalue weighted by Gasteiger charge is 2.28. The Bertz CT molecular complexity index is 502. The van der Waals surface area contributed by atoms with Gasteiger partial charge in [0.25, 0.3) is 5.69 Å². The summed E-state index contributed by atoms with van der Waals surface area (Å²) in [4.78, 5) is 13.4. The average molecular weight is 291 g/mol. The number of nitro benzene ring substituents is 1. The number of nitro groups is 1. The summed E-state index contributed by atoms with van der Waals surface area (Å²) in [5.74, 6) is 0.619. The first kappa shape index (κ1) is 15.8. The van der Waals surface area contributed by atoms with E-state index in [-0.39, 0.29) is 10.6 Å². The lowest BCUT2D eigenvalue weighted by atomic mass is 10.0. The Hall–Kier alpha value is -1.62. The fraction of sp³-hybridized carbons (Fsp3) is 0.625. The fourth-order valence-corrected chi connectivity index (χ4v) is 3.27. The minimum absolute atomic E-state index is 0.176. The third-order valence-electron chi connectivity index (χ3n) is 4.24. The fourth-order valence-electron chi connectivity index (χ4n) is 3.27. The molecule has 0 saturated carbocycles. The third kappa shape index (κ3) is 3.53. The van der Waals surface area contributed by atoms with Crippen molar-refractivity contribution >= 4 is 11.4 Å². The van der Waals surface area contributed by atoms with Gasteiger partial charge in [0.1, 0.15) is 5.69 Å². The van der Waals surface area contributed by atoms with E-state index in [1.54, 1.807) is 12.1 Å². The van der Waals surface area contributed by atoms with Gasteiger partial charge in [-0.15, -0.1) is 0 Å². The van der Waals surface area contributed by atoms with Crippen molar-refractivity contribution in [2.24, 2.45) is 5.92 Å². The molecule has 1 saturated heterocycles. The molecule has 1 aromatic rings. The third-order valence-corrected chi connectivity index (χ3v) is 4.24. The van der Waals surface area contributed by atoms with E-state index in [2.05, 4.69) is 24.1 Å². The average Bonchev–Trinajstić information content (AvgIpc) is 2.89. The van der Waals surface area contributed by atoms with Crippen molar-refractivity contribution in [1.82, 2.24) is 4.90 Å². The van der Waals surface area contributed by atoms with Crippen molar-refractivity contribution in [3.8, 4) is 0 Å². The van der Waals surface area contributed by atoms with Crippen LogP contribution in [0.25, 0.3) is 0 Å². The molecule has 0 radical (unpaired) electrons. The Morgan fingerprint density at radius 1 is 1.48 bits per heavy atom. The molecule has 5 nitrogen and oxygen atoms in total. The van der Waals surface area contributed by atoms with Gasteiger partial charge in [0.2, 0.25) is 0 Å². The minimum Gasteiger partial charge on any atom is -0.380 e. The number of hydrogen-bond acceptors (Lipinski definition) is 4. The summed E-state index contributed by atoms with van der Waals surface area (Å²) in [5.41, 5.74) is 1.88. The number of nitrogens with one attached hydrogen (secondary N) is 1. The van der Waals surface area contributed by atoms with E-state index < -0.39 is 0 Å². The summed E-state index contributed by atoms with van der Waals surface area (Å²) in [7, 11) is 0. The standard InChI is InChI=1S/C16H25N3O2/c1-4-17-16-13(7-5-8-15(16)19(20)21)11-18-10-6-9-14(18)12(2)3/h5,7-8,12,14,17H,4,6,9-11H2,1-3H3. The normalized spacial score (nSPS) is 19.1. The van der Waals surface area contributed by atoms with E-state index in [1.807, 2.05) is 13.0 Å². The molecule has 0 spiro atoms. The summed E-state index contributed by atoms with van der Waals surface area (Å²) >= 11 is 0. The summed E-state index contributed by atoms with van der Waals surface area (Å²) in [6.07, 6.45) is 2.44. The van der Waals surface area contributed by atoms with Gasteiger partial charge in [-0.05, 0) is 37.8 Å². The van der Waals surface area contributed by atoms with Crippen LogP contribution < -0.4 is 5.32 Å². The molecule has 0 aliphatic carbocycles. The van der Waals surface area contributed by atoms with E-state index in [0.717, 1.165) is 18.7 Å². The highest BCUT2D eigenvalue weighted by Crippen LogP contribution is 2.32. The number of rotatable bonds is 6. The smallest absolute Gasteiger partial charge is 0.292 e. The molecular weight excluding hydrogens is 266 g/mol. The van der Waals surface area contributed by atoms with E-state index >= 15 is 0 Å². The van der Waals surface area contributed by atoms with Crippen molar-refractivity contribution in [3.63, 3.8) is 0 Å². The minimum atomic E-state index is -0.300. The van der Waals surface area contributed by atoms with Gasteiger partial charge in [0.05, 0.1) is 4.92 Å². The van der Waals surface area contributed by atoms with Crippen LogP contribution in [0, 0.1) is 16.0 Å². The quantitative estimate of drug-likeness (QED) is 0.642. The molecule has 0 amide bonds. The molecule has 1 N–H and O–H groups in total. The van der Waals surface area contributed by atoms with Crippen molar-refractivity contribution < 1.29 is 4.92 Å². The summed E-state index contributed by atoms with van der Waals surface area (Å²) in [5, 5.41) is 14.4. The largest absolute Gasteiger partial charge is 0.380 e. The highest BCUT2D eigenvalue weighted by molar-refractivity contribution is 5.66. The van der Waals surface area contributed by atoms with Crippen molar-refractivity contribution in [3.05, 3.63) is 33.9 Å². The molecule has 21 heavy (non-hydrogen) atoms. The molecule has 1 aliphatic rings. The van der Waals surface area contributed by atoms with Gasteiger partial charge in [-0.2, -0.15) is 0 Å². The van der Waals surface area contributed by atoms with Crippen LogP contribution in [0.1, 0.15) is 39.2 Å². The van der Waals surface area contributed by atoms with Gasteiger partial charge in [-0.1, -0.05) is 26.0 Å². The zero-order valence-electron chi connectivity index (χ0n) is 13.1. The Morgan fingerprint density at radius 2 is 2.24 bits per heavy atom. The lowest BCUT2D eigenvalue weighted by molar-refractivity contribution is -0.384. The van der Waals surface area contributed by atoms with Crippen molar-refractivity contribution in [1.29, 1.82) is 0 Å². The first-order valence-electron chi connectivity index (χ1n) is 7.78. The number of benzene rings is 1. The molecule has 5 heteroatoms. The second kappa shape index (κ2) is 6.89. The molecule has 2 rings (SSSR count). The van der Waals surface area contributed by atoms with Gasteiger partial charge in [-0.25, -0.2) is 0 Å². The van der Waals surface area contributed by atoms with Crippen LogP contribution in [0.3, 0.4) is 0 Å². The number of hydrogen-bond donors (Lipinski definition) is 1. The lowest BCUT2D eigenvalue weighted by Gasteiger charge is -2.28. The van der Waals surface area contributed by atoms with Gasteiger partial charge in [0.15, 0.2) is 0 Å². The number of anilines is 1. The lowest BCUT2D eigenvalue weighted by Crippen LogP contribution is -2.33. The second-order valence-electron chi connectivity index (χ2n) is 6.02. The highest BCUT2D eigenvalue weighted by atomic mass is 16.6. The maximum absolute atomic E-state index is 11.2. The molecule has 1 unspecified atom stereocenters. The van der Waals surface area contributed by atoms with Gasteiger partial charge in [-0.3, -0.25) is 15.0 Å². The molecule has 1 heterocycles. The molecule has 1 fully saturated rings. The van der Waals surface area contributed by atoms with Gasteiger partial charge in [0, 0.05) is 25.2 Å². The van der Waals surface area contributed by atoms with Crippen LogP contribution in [-0.4, -0.2) is 29.0 Å². The van der Waals surface area contributed by atoms with Gasteiger partial charge < -0.3 is 5.32 Å². The summed E-state index contributed by atoms with van der Waals surface area (Å²) < 4.78 is 0. The first-order chi connectivity index (χ1) is 10.0. The van der Waals surface area contributed by atoms with Crippen LogP contribution in [0.5, 0.6) is 0 Å². The molecule has 1 aliphatic heterocycles. The van der Waals surface area contributed by atoms with E-state index in [4.69, 9.17) is 0 Å². The molecule has 0 aromatic heterocycles. The van der Waals surface area contributed by atoms with Crippen LogP contribution in [0.2, 0.25) is 0 Å². The summed E-state index contributed by atoms with van der Waals surface area (Å²) in [6, 6.07) is 5.94. The topological polar surface area (TPSA) is 58.4 Å². The number of nitrogens with zero attached hydrogens (tertiary/aromatic N) is 2. The predicted molar refractivity (Wildman–Crippen MR) is 85.5 cm³/mol. The van der Waals surface area contributed by atoms with Gasteiger partial charge >= 0.3 is 0 Å². The zero-order valence-corrected chi connectivity index (χ0v) is 13.1. The Labute approximate surface area is 126 Å². The number of para-hydroxylation sites is 1. The van der Waals surface area contributed by atoms with Crippen LogP contribution in [-0.2, 0) is 6.54 Å². The summed E-state index contributed by atoms with van der Waals surface area (Å²) in [6.45, 7) is 9.02. The Balaban J connectivity index is 2.26. The van der Waals surface area contributed by atoms with Crippen molar-refractivity contribution in [2.45, 2.75) is 46.2 Å². The predicted octanol–water partition coefficient (Wildman–Crippen LogP) is 3.65. The maximum atomic E-state index is 11.2. The van der Waals surface area contributed by atoms with Crippen LogP contribution in [0.4, 0.5) is 11.4 Å². The molecule has 1 atom stereocenters. The molecule has 0 bridgehead atoms. The SMILES string of the molecule is CCNc1c(CN2CCCC2C(C)C)cccc1[N+](=O)[O-]. The first-order valence-corrected chi connectivity index (χ1v) is 7.78. The number of likely N-dealkylation sites (tertiary alicyclic amines) is 1. The molecule has 1 aromatic carbocycles. The molecular formula is C16H25N3O2. The van der Waals surface area contributed by atoms with Crippen molar-refractivity contribution in [2.75, 3.05) is 18.4 Å². The zero-order chi connectivity index (χ0) is 15.4. The monoisotopic (exact) mass is 291 g/mol. The Kier molecular flexibility index (Phi) is 5.17.